The van der Waals surface area contributed by atoms with Crippen LogP contribution in [-0.2, 0) is 10.5 Å². The maximum atomic E-state index is 10.5. The predicted octanol–water partition coefficient (Wildman–Crippen LogP) is 2.22. The minimum Gasteiger partial charge on any atom is -0.508 e. The van der Waals surface area contributed by atoms with Gasteiger partial charge in [-0.25, -0.2) is 0 Å². The standard InChI is InChI=1S/C13H12O4/c1-7-3-9-4-10(14)5-11-12(9)13(15,17-7)6-8(2)16-11/h3-6,14-15H,1-2H3/t13-/m1/s1. The third-order valence-electron chi connectivity index (χ3n) is 2.82. The normalized spacial score (nSPS) is 25.1. The van der Waals surface area contributed by atoms with Crippen molar-refractivity contribution in [3.63, 3.8) is 0 Å². The molecule has 2 aliphatic heterocycles. The third-order valence-corrected chi connectivity index (χ3v) is 2.82. The first-order chi connectivity index (χ1) is 7.98. The van der Waals surface area contributed by atoms with Crippen LogP contribution in [0.5, 0.6) is 11.5 Å². The number of benzene rings is 1. The first kappa shape index (κ1) is 10.2. The molecule has 0 saturated carbocycles. The zero-order valence-electron chi connectivity index (χ0n) is 9.52. The topological polar surface area (TPSA) is 58.9 Å². The second-order valence-electron chi connectivity index (χ2n) is 4.32. The fraction of sp³-hybridized carbons (Fsp3) is 0.231. The smallest absolute Gasteiger partial charge is 0.262 e. The van der Waals surface area contributed by atoms with E-state index in [1.54, 1.807) is 26.0 Å². The molecule has 0 unspecified atom stereocenters. The van der Waals surface area contributed by atoms with Gasteiger partial charge in [0.2, 0.25) is 0 Å². The fourth-order valence-electron chi connectivity index (χ4n) is 2.32. The summed E-state index contributed by atoms with van der Waals surface area (Å²) in [7, 11) is 0. The average molecular weight is 232 g/mol. The van der Waals surface area contributed by atoms with Gasteiger partial charge in [0.25, 0.3) is 5.79 Å². The Morgan fingerprint density at radius 3 is 2.71 bits per heavy atom. The van der Waals surface area contributed by atoms with Crippen LogP contribution in [0.1, 0.15) is 25.0 Å². The summed E-state index contributed by atoms with van der Waals surface area (Å²) in [4.78, 5) is 0. The molecule has 17 heavy (non-hydrogen) atoms. The summed E-state index contributed by atoms with van der Waals surface area (Å²) >= 11 is 0. The van der Waals surface area contributed by atoms with Gasteiger partial charge in [-0.05, 0) is 31.6 Å². The molecule has 1 atom stereocenters. The number of phenols is 1. The van der Waals surface area contributed by atoms with Crippen LogP contribution < -0.4 is 4.74 Å². The van der Waals surface area contributed by atoms with Crippen molar-refractivity contribution in [2.24, 2.45) is 0 Å². The highest BCUT2D eigenvalue weighted by Gasteiger charge is 2.41. The van der Waals surface area contributed by atoms with Gasteiger partial charge in [-0.1, -0.05) is 0 Å². The predicted molar refractivity (Wildman–Crippen MR) is 61.1 cm³/mol. The Labute approximate surface area is 98.4 Å². The van der Waals surface area contributed by atoms with Crippen molar-refractivity contribution in [2.45, 2.75) is 19.6 Å². The molecule has 3 rings (SSSR count). The number of aliphatic hydroxyl groups is 1. The van der Waals surface area contributed by atoms with Crippen LogP contribution in [0.25, 0.3) is 6.08 Å². The maximum absolute atomic E-state index is 10.5. The van der Waals surface area contributed by atoms with Crippen LogP contribution in [0.4, 0.5) is 0 Å². The molecule has 0 bridgehead atoms. The van der Waals surface area contributed by atoms with Gasteiger partial charge in [-0.3, -0.25) is 0 Å². The lowest BCUT2D eigenvalue weighted by Gasteiger charge is -2.36. The average Bonchev–Trinajstić information content (AvgIpc) is 2.11. The lowest BCUT2D eigenvalue weighted by atomic mass is 9.93. The van der Waals surface area contributed by atoms with Gasteiger partial charge in [-0.2, -0.15) is 0 Å². The summed E-state index contributed by atoms with van der Waals surface area (Å²) in [5.74, 6) is 0.140. The Kier molecular flexibility index (Phi) is 1.83. The van der Waals surface area contributed by atoms with Crippen LogP contribution >= 0.6 is 0 Å². The number of hydrogen-bond donors (Lipinski definition) is 2. The molecule has 0 spiro atoms. The molecule has 0 fully saturated rings. The Morgan fingerprint density at radius 2 is 1.94 bits per heavy atom. The van der Waals surface area contributed by atoms with E-state index in [1.165, 1.54) is 12.1 Å². The fourth-order valence-corrected chi connectivity index (χ4v) is 2.32. The summed E-state index contributed by atoms with van der Waals surface area (Å²) in [6.07, 6.45) is 3.28. The Balaban J connectivity index is 2.34. The lowest BCUT2D eigenvalue weighted by molar-refractivity contribution is -0.151. The number of rotatable bonds is 0. The van der Waals surface area contributed by atoms with Crippen LogP contribution in [-0.4, -0.2) is 10.2 Å². The molecule has 0 amide bonds. The summed E-state index contributed by atoms with van der Waals surface area (Å²) < 4.78 is 11.0. The van der Waals surface area contributed by atoms with Crippen molar-refractivity contribution < 1.29 is 19.7 Å². The first-order valence-corrected chi connectivity index (χ1v) is 5.32. The number of hydrogen-bond acceptors (Lipinski definition) is 4. The maximum Gasteiger partial charge on any atom is 0.262 e. The van der Waals surface area contributed by atoms with Crippen molar-refractivity contribution in [3.05, 3.63) is 40.9 Å². The van der Waals surface area contributed by atoms with Gasteiger partial charge in [-0.15, -0.1) is 0 Å². The van der Waals surface area contributed by atoms with Gasteiger partial charge in [0.05, 0.1) is 11.3 Å². The summed E-state index contributed by atoms with van der Waals surface area (Å²) in [6, 6.07) is 3.05. The van der Waals surface area contributed by atoms with E-state index in [1.807, 2.05) is 0 Å². The zero-order valence-corrected chi connectivity index (χ0v) is 9.52. The van der Waals surface area contributed by atoms with Gasteiger partial charge < -0.3 is 19.7 Å². The van der Waals surface area contributed by atoms with Crippen molar-refractivity contribution in [1.29, 1.82) is 0 Å². The van der Waals surface area contributed by atoms with Crippen LogP contribution in [0.2, 0.25) is 0 Å². The number of phenolic OH excluding ortho intramolecular Hbond substituents is 1. The second-order valence-corrected chi connectivity index (χ2v) is 4.32. The highest BCUT2D eigenvalue weighted by molar-refractivity contribution is 5.66. The molecule has 2 aliphatic rings. The van der Waals surface area contributed by atoms with Crippen molar-refractivity contribution in [1.82, 2.24) is 0 Å². The van der Waals surface area contributed by atoms with E-state index in [0.29, 0.717) is 28.4 Å². The number of allylic oxidation sites excluding steroid dienone is 2. The molecule has 0 saturated heterocycles. The second kappa shape index (κ2) is 3.05. The molecular formula is C13H12O4. The van der Waals surface area contributed by atoms with Crippen LogP contribution in [0.3, 0.4) is 0 Å². The Hall–Kier alpha value is -1.94. The van der Waals surface area contributed by atoms with Gasteiger partial charge in [0, 0.05) is 12.1 Å². The highest BCUT2D eigenvalue weighted by Crippen LogP contribution is 2.46. The van der Waals surface area contributed by atoms with E-state index < -0.39 is 5.79 Å². The van der Waals surface area contributed by atoms with E-state index in [9.17, 15) is 10.2 Å². The van der Waals surface area contributed by atoms with Gasteiger partial charge in [0.15, 0.2) is 0 Å². The molecule has 4 nitrogen and oxygen atoms in total. The Morgan fingerprint density at radius 1 is 1.18 bits per heavy atom. The molecular weight excluding hydrogens is 220 g/mol. The molecule has 0 aliphatic carbocycles. The van der Waals surface area contributed by atoms with Gasteiger partial charge in [0.1, 0.15) is 17.3 Å². The third kappa shape index (κ3) is 1.41. The molecule has 0 radical (unpaired) electrons. The first-order valence-electron chi connectivity index (χ1n) is 5.32. The van der Waals surface area contributed by atoms with Gasteiger partial charge >= 0.3 is 0 Å². The summed E-state index contributed by atoms with van der Waals surface area (Å²) in [6.45, 7) is 3.48. The molecule has 2 N–H and O–H groups in total. The highest BCUT2D eigenvalue weighted by atomic mass is 16.6. The molecule has 88 valence electrons. The molecule has 4 heteroatoms. The van der Waals surface area contributed by atoms with E-state index in [-0.39, 0.29) is 5.75 Å². The van der Waals surface area contributed by atoms with E-state index in [2.05, 4.69) is 0 Å². The lowest BCUT2D eigenvalue weighted by Crippen LogP contribution is -2.33. The van der Waals surface area contributed by atoms with Crippen molar-refractivity contribution >= 4 is 6.08 Å². The molecule has 1 aromatic carbocycles. The summed E-state index contributed by atoms with van der Waals surface area (Å²) in [5, 5.41) is 20.1. The van der Waals surface area contributed by atoms with Crippen LogP contribution in [0.15, 0.2) is 29.7 Å². The van der Waals surface area contributed by atoms with E-state index in [0.717, 1.165) is 0 Å². The molecule has 0 aromatic heterocycles. The Bertz CT molecular complexity index is 571. The summed E-state index contributed by atoms with van der Waals surface area (Å²) in [5.41, 5.74) is 1.24. The van der Waals surface area contributed by atoms with Crippen LogP contribution in [0, 0.1) is 0 Å². The zero-order chi connectivity index (χ0) is 12.2. The molecule has 2 heterocycles. The monoisotopic (exact) mass is 232 g/mol. The minimum absolute atomic E-state index is 0.0988. The van der Waals surface area contributed by atoms with Crippen molar-refractivity contribution in [3.8, 4) is 11.5 Å². The number of aromatic hydroxyl groups is 1. The van der Waals surface area contributed by atoms with E-state index in [4.69, 9.17) is 9.47 Å². The quantitative estimate of drug-likeness (QED) is 0.720. The number of ether oxygens (including phenoxy) is 2. The largest absolute Gasteiger partial charge is 0.508 e. The van der Waals surface area contributed by atoms with Crippen molar-refractivity contribution in [2.75, 3.05) is 0 Å². The SMILES string of the molecule is CC1=C[C@@]2(O)OC(C)=Cc3cc(O)cc(c32)O1. The molecule has 1 aromatic rings. The van der Waals surface area contributed by atoms with E-state index >= 15 is 0 Å². The minimum atomic E-state index is -1.50.